The fourth-order valence-electron chi connectivity index (χ4n) is 8.34. The van der Waals surface area contributed by atoms with E-state index in [0.717, 1.165) is 62.3 Å². The van der Waals surface area contributed by atoms with Crippen LogP contribution in [0.25, 0.3) is 78.4 Å². The zero-order chi connectivity index (χ0) is 33.4. The molecule has 0 unspecified atom stereocenters. The van der Waals surface area contributed by atoms with Crippen LogP contribution in [0.1, 0.15) is 43.6 Å². The Bertz CT molecular complexity index is 2800. The summed E-state index contributed by atoms with van der Waals surface area (Å²) in [5.74, 6) is 1.99. The molecule has 0 N–H and O–H groups in total. The lowest BCUT2D eigenvalue weighted by atomic mass is 9.80. The number of fused-ring (bicyclic) bond motifs is 7. The molecule has 238 valence electrons. The normalized spacial score (nSPS) is 14.3. The van der Waals surface area contributed by atoms with Crippen molar-refractivity contribution in [3.8, 4) is 45.0 Å². The average molecular weight is 644 g/mol. The third kappa shape index (κ3) is 4.28. The minimum atomic E-state index is -0.227. The molecule has 2 aliphatic rings. The molecule has 0 bridgehead atoms. The molecule has 2 heterocycles. The lowest BCUT2D eigenvalue weighted by molar-refractivity contribution is 0.567. The SMILES string of the molecule is CC1(C)c2ccccc2-c2cccc(-c3nc(C4=c5oc6ccccc6c5=CCC4)nc(-c4ccccc4-c4cccc5ccccc45)n3)c21. The lowest BCUT2D eigenvalue weighted by Gasteiger charge is -2.24. The molecule has 2 aliphatic carbocycles. The highest BCUT2D eigenvalue weighted by Gasteiger charge is 2.38. The Morgan fingerprint density at radius 3 is 2.00 bits per heavy atom. The van der Waals surface area contributed by atoms with Crippen molar-refractivity contribution in [2.45, 2.75) is 32.1 Å². The van der Waals surface area contributed by atoms with E-state index < -0.39 is 0 Å². The van der Waals surface area contributed by atoms with Crippen LogP contribution in [0.5, 0.6) is 0 Å². The number of furan rings is 1. The van der Waals surface area contributed by atoms with Crippen LogP contribution in [0.15, 0.2) is 138 Å². The van der Waals surface area contributed by atoms with Gasteiger partial charge in [-0.2, -0.15) is 0 Å². The monoisotopic (exact) mass is 643 g/mol. The maximum Gasteiger partial charge on any atom is 0.164 e. The molecular formula is C46H33N3O. The van der Waals surface area contributed by atoms with E-state index in [0.29, 0.717) is 17.5 Å². The predicted molar refractivity (Wildman–Crippen MR) is 203 cm³/mol. The second kappa shape index (κ2) is 10.9. The van der Waals surface area contributed by atoms with E-state index in [1.807, 2.05) is 12.1 Å². The number of hydrogen-bond acceptors (Lipinski definition) is 4. The summed E-state index contributed by atoms with van der Waals surface area (Å²) in [5, 5.41) is 4.64. The van der Waals surface area contributed by atoms with E-state index in [1.54, 1.807) is 0 Å². The first kappa shape index (κ1) is 28.8. The van der Waals surface area contributed by atoms with E-state index in [-0.39, 0.29) is 5.41 Å². The van der Waals surface area contributed by atoms with Crippen molar-refractivity contribution in [2.75, 3.05) is 0 Å². The molecule has 2 aromatic heterocycles. The van der Waals surface area contributed by atoms with Crippen LogP contribution in [0.2, 0.25) is 0 Å². The van der Waals surface area contributed by atoms with Gasteiger partial charge in [-0.3, -0.25) is 0 Å². The molecule has 4 heteroatoms. The molecular weight excluding hydrogens is 611 g/mol. The van der Waals surface area contributed by atoms with E-state index >= 15 is 0 Å². The molecule has 50 heavy (non-hydrogen) atoms. The van der Waals surface area contributed by atoms with Gasteiger partial charge in [0.25, 0.3) is 0 Å². The van der Waals surface area contributed by atoms with Crippen molar-refractivity contribution < 1.29 is 4.42 Å². The smallest absolute Gasteiger partial charge is 0.164 e. The highest BCUT2D eigenvalue weighted by molar-refractivity contribution is 6.00. The quantitative estimate of drug-likeness (QED) is 0.192. The highest BCUT2D eigenvalue weighted by atomic mass is 16.3. The number of rotatable bonds is 4. The zero-order valence-corrected chi connectivity index (χ0v) is 27.9. The first-order valence-electron chi connectivity index (χ1n) is 17.3. The topological polar surface area (TPSA) is 51.8 Å². The maximum absolute atomic E-state index is 6.57. The van der Waals surface area contributed by atoms with Crippen molar-refractivity contribution in [2.24, 2.45) is 0 Å². The van der Waals surface area contributed by atoms with Crippen LogP contribution in [-0.2, 0) is 5.41 Å². The van der Waals surface area contributed by atoms with Crippen molar-refractivity contribution in [3.63, 3.8) is 0 Å². The van der Waals surface area contributed by atoms with Crippen LogP contribution in [-0.4, -0.2) is 15.0 Å². The third-order valence-electron chi connectivity index (χ3n) is 10.6. The standard InChI is InChI=1S/C46H33N3O/c1-46(2)39-26-9-7-18-32(39)34-22-12-24-37(41(34)46)44-47-43(36-20-6-5-17-31(36)30-21-11-15-28-14-3-4-16-29(28)30)48-45(49-44)38-25-13-23-35-33-19-8-10-27-40(33)50-42(35)38/h3-12,14-24,26-27H,13,25H2,1-2H3. The Balaban J connectivity index is 1.27. The minimum absolute atomic E-state index is 0.227. The molecule has 0 radical (unpaired) electrons. The van der Waals surface area contributed by atoms with E-state index in [1.165, 1.54) is 33.0 Å². The van der Waals surface area contributed by atoms with Gasteiger partial charge in [0.1, 0.15) is 11.0 Å². The second-order valence-corrected chi connectivity index (χ2v) is 13.8. The molecule has 4 nitrogen and oxygen atoms in total. The Labute approximate surface area is 290 Å². The number of benzene rings is 6. The summed E-state index contributed by atoms with van der Waals surface area (Å²) in [6.07, 6.45) is 3.95. The van der Waals surface area contributed by atoms with Gasteiger partial charge in [0.15, 0.2) is 17.5 Å². The Kier molecular flexibility index (Phi) is 6.31. The first-order valence-corrected chi connectivity index (χ1v) is 17.3. The van der Waals surface area contributed by atoms with Crippen LogP contribution < -0.4 is 10.6 Å². The molecule has 10 rings (SSSR count). The molecule has 0 spiro atoms. The van der Waals surface area contributed by atoms with Gasteiger partial charge in [-0.25, -0.2) is 15.0 Å². The van der Waals surface area contributed by atoms with Gasteiger partial charge < -0.3 is 4.42 Å². The molecule has 6 aromatic carbocycles. The fraction of sp³-hybridized carbons (Fsp3) is 0.109. The maximum atomic E-state index is 6.57. The summed E-state index contributed by atoms with van der Waals surface area (Å²) in [6, 6.07) is 47.1. The van der Waals surface area contributed by atoms with Gasteiger partial charge in [0.05, 0.1) is 0 Å². The van der Waals surface area contributed by atoms with Gasteiger partial charge in [0.2, 0.25) is 0 Å². The van der Waals surface area contributed by atoms with Gasteiger partial charge in [-0.15, -0.1) is 0 Å². The highest BCUT2D eigenvalue weighted by Crippen LogP contribution is 2.51. The van der Waals surface area contributed by atoms with Crippen molar-refractivity contribution in [1.29, 1.82) is 0 Å². The number of para-hydroxylation sites is 1. The van der Waals surface area contributed by atoms with E-state index in [2.05, 4.69) is 141 Å². The van der Waals surface area contributed by atoms with E-state index in [9.17, 15) is 0 Å². The first-order chi connectivity index (χ1) is 24.6. The third-order valence-corrected chi connectivity index (χ3v) is 10.6. The summed E-state index contributed by atoms with van der Waals surface area (Å²) < 4.78 is 6.57. The second-order valence-electron chi connectivity index (χ2n) is 13.8. The summed E-state index contributed by atoms with van der Waals surface area (Å²) in [4.78, 5) is 16.0. The Morgan fingerprint density at radius 1 is 0.520 bits per heavy atom. The summed E-state index contributed by atoms with van der Waals surface area (Å²) in [5.41, 5.74) is 11.8. The minimum Gasteiger partial charge on any atom is -0.456 e. The number of hydrogen-bond donors (Lipinski definition) is 0. The molecule has 0 amide bonds. The number of aromatic nitrogens is 3. The summed E-state index contributed by atoms with van der Waals surface area (Å²) in [6.45, 7) is 4.62. The van der Waals surface area contributed by atoms with Gasteiger partial charge in [-0.05, 0) is 63.1 Å². The molecule has 0 fully saturated rings. The molecule has 0 aliphatic heterocycles. The molecule has 0 saturated heterocycles. The van der Waals surface area contributed by atoms with Crippen molar-refractivity contribution in [1.82, 2.24) is 15.0 Å². The van der Waals surface area contributed by atoms with Crippen LogP contribution >= 0.6 is 0 Å². The lowest BCUT2D eigenvalue weighted by Crippen LogP contribution is -2.27. The average Bonchev–Trinajstić information content (AvgIpc) is 3.67. The molecule has 8 aromatic rings. The largest absolute Gasteiger partial charge is 0.456 e. The van der Waals surface area contributed by atoms with Gasteiger partial charge in [0, 0.05) is 32.7 Å². The van der Waals surface area contributed by atoms with E-state index in [4.69, 9.17) is 19.4 Å². The summed E-state index contributed by atoms with van der Waals surface area (Å²) in [7, 11) is 0. The molecule has 0 saturated carbocycles. The predicted octanol–water partition coefficient (Wildman–Crippen LogP) is 9.85. The van der Waals surface area contributed by atoms with Crippen molar-refractivity contribution in [3.05, 3.63) is 161 Å². The van der Waals surface area contributed by atoms with Crippen molar-refractivity contribution >= 4 is 33.4 Å². The van der Waals surface area contributed by atoms with Gasteiger partial charge >= 0.3 is 0 Å². The van der Waals surface area contributed by atoms with Gasteiger partial charge in [-0.1, -0.05) is 147 Å². The zero-order valence-electron chi connectivity index (χ0n) is 27.9. The summed E-state index contributed by atoms with van der Waals surface area (Å²) >= 11 is 0. The Hall–Kier alpha value is -6.13. The fourth-order valence-corrected chi connectivity index (χ4v) is 8.34. The van der Waals surface area contributed by atoms with Crippen LogP contribution in [0, 0.1) is 0 Å². The van der Waals surface area contributed by atoms with Crippen LogP contribution in [0.3, 0.4) is 0 Å². The molecule has 0 atom stereocenters. The van der Waals surface area contributed by atoms with Crippen LogP contribution in [0.4, 0.5) is 0 Å². The Morgan fingerprint density at radius 2 is 1.12 bits per heavy atom. The number of nitrogens with zero attached hydrogens (tertiary/aromatic N) is 3.